The van der Waals surface area contributed by atoms with Gasteiger partial charge in [0, 0.05) is 12.4 Å². The Morgan fingerprint density at radius 2 is 2.00 bits per heavy atom. The maximum absolute atomic E-state index is 4.84. The van der Waals surface area contributed by atoms with Crippen LogP contribution < -0.4 is 3.07 Å². The van der Waals surface area contributed by atoms with Crippen LogP contribution in [0, 0.1) is 0 Å². The van der Waals surface area contributed by atoms with Crippen LogP contribution in [-0.2, 0) is 0 Å². The second-order valence-corrected chi connectivity index (χ2v) is 1.70. The summed E-state index contributed by atoms with van der Waals surface area (Å²) in [5.74, 6) is 0.834. The highest BCUT2D eigenvalue weighted by Gasteiger charge is 1.83. The fourth-order valence-electron chi connectivity index (χ4n) is 0.390. The van der Waals surface area contributed by atoms with Crippen molar-refractivity contribution in [2.24, 2.45) is 0 Å². The molecule has 0 aromatic carbocycles. The molecule has 2 nitrogen and oxygen atoms in total. The van der Waals surface area contributed by atoms with E-state index in [2.05, 4.69) is 4.98 Å². The number of nitrogens with zero attached hydrogens (tertiary/aromatic N) is 1. The van der Waals surface area contributed by atoms with Crippen molar-refractivity contribution >= 4 is 23.0 Å². The second-order valence-electron chi connectivity index (χ2n) is 1.26. The van der Waals surface area contributed by atoms with E-state index >= 15 is 0 Å². The van der Waals surface area contributed by atoms with Gasteiger partial charge in [0.2, 0.25) is 0 Å². The van der Waals surface area contributed by atoms with Gasteiger partial charge in [-0.3, -0.25) is 4.98 Å². The molecule has 3 heteroatoms. The third-order valence-electron chi connectivity index (χ3n) is 0.739. The largest absolute Gasteiger partial charge is 0.428 e. The van der Waals surface area contributed by atoms with E-state index in [1.54, 1.807) is 24.5 Å². The van der Waals surface area contributed by atoms with Crippen molar-refractivity contribution in [2.45, 2.75) is 0 Å². The first-order valence-corrected chi connectivity index (χ1v) is 3.00. The summed E-state index contributed by atoms with van der Waals surface area (Å²) in [6, 6.07) is 3.60. The van der Waals surface area contributed by atoms with Crippen molar-refractivity contribution in [3.8, 4) is 5.75 Å². The number of rotatable bonds is 1. The third-order valence-corrected chi connectivity index (χ3v) is 1.25. The monoisotopic (exact) mass is 221 g/mol. The summed E-state index contributed by atoms with van der Waals surface area (Å²) >= 11 is 1.83. The molecule has 0 saturated heterocycles. The zero-order chi connectivity index (χ0) is 5.82. The lowest BCUT2D eigenvalue weighted by Crippen LogP contribution is -1.71. The van der Waals surface area contributed by atoms with Crippen LogP contribution in [0.15, 0.2) is 24.5 Å². The molecule has 0 saturated carbocycles. The van der Waals surface area contributed by atoms with E-state index < -0.39 is 0 Å². The Morgan fingerprint density at radius 1 is 1.38 bits per heavy atom. The highest BCUT2D eigenvalue weighted by molar-refractivity contribution is 14.1. The number of aromatic nitrogens is 1. The van der Waals surface area contributed by atoms with Gasteiger partial charge in [-0.1, -0.05) is 0 Å². The summed E-state index contributed by atoms with van der Waals surface area (Å²) in [6.45, 7) is 0. The predicted molar refractivity (Wildman–Crippen MR) is 38.9 cm³/mol. The fourth-order valence-corrected chi connectivity index (χ4v) is 0.683. The minimum Gasteiger partial charge on any atom is -0.428 e. The molecule has 0 unspecified atom stereocenters. The number of halogens is 1. The van der Waals surface area contributed by atoms with E-state index in [9.17, 15) is 0 Å². The van der Waals surface area contributed by atoms with Crippen LogP contribution in [0.25, 0.3) is 0 Å². The number of hydrogen-bond donors (Lipinski definition) is 0. The van der Waals surface area contributed by atoms with Crippen LogP contribution in [0.2, 0.25) is 0 Å². The molecule has 0 bridgehead atoms. The Balaban J connectivity index is 2.83. The summed E-state index contributed by atoms with van der Waals surface area (Å²) in [5, 5.41) is 0. The minimum absolute atomic E-state index is 0.834. The van der Waals surface area contributed by atoms with Gasteiger partial charge in [0.1, 0.15) is 5.75 Å². The molecule has 0 N–H and O–H groups in total. The molecule has 1 aromatic rings. The lowest BCUT2D eigenvalue weighted by atomic mass is 10.5. The Hall–Kier alpha value is -0.320. The van der Waals surface area contributed by atoms with Gasteiger partial charge in [-0.25, -0.2) is 0 Å². The minimum atomic E-state index is 0.834. The average Bonchev–Trinajstić information content (AvgIpc) is 1.90. The molecule has 1 aromatic heterocycles. The molecule has 42 valence electrons. The van der Waals surface area contributed by atoms with Crippen LogP contribution in [0.3, 0.4) is 0 Å². The van der Waals surface area contributed by atoms with Crippen LogP contribution in [0.5, 0.6) is 5.75 Å². The van der Waals surface area contributed by atoms with E-state index in [1.807, 2.05) is 23.0 Å². The Kier molecular flexibility index (Phi) is 2.08. The fraction of sp³-hybridized carbons (Fsp3) is 0. The smallest absolute Gasteiger partial charge is 0.192 e. The molecule has 0 aliphatic rings. The van der Waals surface area contributed by atoms with Crippen LogP contribution in [0.4, 0.5) is 0 Å². The summed E-state index contributed by atoms with van der Waals surface area (Å²) in [4.78, 5) is 3.81. The molecule has 0 radical (unpaired) electrons. The molecular formula is C5H4INO. The first kappa shape index (κ1) is 5.81. The molecule has 0 aliphatic carbocycles. The molecule has 0 aliphatic heterocycles. The summed E-state index contributed by atoms with van der Waals surface area (Å²) in [5.41, 5.74) is 0. The Bertz CT molecular complexity index is 154. The highest BCUT2D eigenvalue weighted by Crippen LogP contribution is 2.08. The zero-order valence-corrected chi connectivity index (χ0v) is 6.20. The van der Waals surface area contributed by atoms with Crippen molar-refractivity contribution < 1.29 is 3.07 Å². The van der Waals surface area contributed by atoms with Crippen molar-refractivity contribution in [3.05, 3.63) is 24.5 Å². The zero-order valence-electron chi connectivity index (χ0n) is 4.04. The topological polar surface area (TPSA) is 22.1 Å². The van der Waals surface area contributed by atoms with E-state index in [0.29, 0.717) is 0 Å². The van der Waals surface area contributed by atoms with E-state index in [0.717, 1.165) is 5.75 Å². The van der Waals surface area contributed by atoms with E-state index in [-0.39, 0.29) is 0 Å². The lowest BCUT2D eigenvalue weighted by Gasteiger charge is -1.90. The van der Waals surface area contributed by atoms with E-state index in [4.69, 9.17) is 3.07 Å². The molecule has 0 spiro atoms. The normalized spacial score (nSPS) is 8.62. The number of hydrogen-bond acceptors (Lipinski definition) is 2. The molecule has 1 rings (SSSR count). The molecule has 1 heterocycles. The van der Waals surface area contributed by atoms with Gasteiger partial charge in [0.15, 0.2) is 23.0 Å². The molecular weight excluding hydrogens is 217 g/mol. The van der Waals surface area contributed by atoms with Gasteiger partial charge in [-0.05, 0) is 12.1 Å². The van der Waals surface area contributed by atoms with E-state index in [1.165, 1.54) is 0 Å². The Morgan fingerprint density at radius 3 is 2.38 bits per heavy atom. The maximum Gasteiger partial charge on any atom is 0.192 e. The molecule has 0 atom stereocenters. The highest BCUT2D eigenvalue weighted by atomic mass is 127. The first-order valence-electron chi connectivity index (χ1n) is 2.12. The van der Waals surface area contributed by atoms with Gasteiger partial charge in [-0.15, -0.1) is 0 Å². The molecule has 0 fully saturated rings. The van der Waals surface area contributed by atoms with Crippen molar-refractivity contribution in [1.82, 2.24) is 4.98 Å². The van der Waals surface area contributed by atoms with Crippen molar-refractivity contribution in [1.29, 1.82) is 0 Å². The van der Waals surface area contributed by atoms with Gasteiger partial charge < -0.3 is 3.07 Å². The van der Waals surface area contributed by atoms with Crippen molar-refractivity contribution in [2.75, 3.05) is 0 Å². The SMILES string of the molecule is IOc1ccncc1. The quantitative estimate of drug-likeness (QED) is 0.674. The van der Waals surface area contributed by atoms with Crippen LogP contribution >= 0.6 is 23.0 Å². The predicted octanol–water partition coefficient (Wildman–Crippen LogP) is 1.81. The molecule has 0 amide bonds. The van der Waals surface area contributed by atoms with Gasteiger partial charge >= 0.3 is 0 Å². The maximum atomic E-state index is 4.84. The summed E-state index contributed by atoms with van der Waals surface area (Å²) in [7, 11) is 0. The van der Waals surface area contributed by atoms with Gasteiger partial charge in [0.05, 0.1) is 0 Å². The van der Waals surface area contributed by atoms with Crippen LogP contribution in [-0.4, -0.2) is 4.98 Å². The first-order chi connectivity index (χ1) is 3.93. The standard InChI is InChI=1S/C5H4INO/c6-8-5-1-3-7-4-2-5/h1-4H. The summed E-state index contributed by atoms with van der Waals surface area (Å²) < 4.78 is 4.84. The van der Waals surface area contributed by atoms with Gasteiger partial charge in [0.25, 0.3) is 0 Å². The summed E-state index contributed by atoms with van der Waals surface area (Å²) in [6.07, 6.45) is 3.38. The Labute approximate surface area is 61.6 Å². The lowest BCUT2D eigenvalue weighted by molar-refractivity contribution is 0.715. The van der Waals surface area contributed by atoms with Crippen LogP contribution in [0.1, 0.15) is 0 Å². The second kappa shape index (κ2) is 2.86. The van der Waals surface area contributed by atoms with Gasteiger partial charge in [-0.2, -0.15) is 0 Å². The number of pyridine rings is 1. The average molecular weight is 221 g/mol. The van der Waals surface area contributed by atoms with Crippen molar-refractivity contribution in [3.63, 3.8) is 0 Å². The molecule has 8 heavy (non-hydrogen) atoms. The third kappa shape index (κ3) is 1.33.